The number of rotatable bonds is 5. The van der Waals surface area contributed by atoms with Crippen LogP contribution < -0.4 is 4.74 Å². The van der Waals surface area contributed by atoms with Crippen molar-refractivity contribution in [2.24, 2.45) is 0 Å². The molecule has 0 spiro atoms. The number of benzene rings is 1. The first kappa shape index (κ1) is 13.1. The standard InChI is InChI=1S/C15H15NO3/c1-12-5-4-6-13(11-12)18-9-10-19-15(17)14-7-2-3-8-16-14/h2-8,11H,9-10H2,1H3. The zero-order valence-electron chi connectivity index (χ0n) is 10.7. The van der Waals surface area contributed by atoms with E-state index in [2.05, 4.69) is 4.98 Å². The van der Waals surface area contributed by atoms with E-state index in [0.717, 1.165) is 11.3 Å². The summed E-state index contributed by atoms with van der Waals surface area (Å²) in [6, 6.07) is 12.8. The van der Waals surface area contributed by atoms with E-state index in [1.807, 2.05) is 31.2 Å². The Morgan fingerprint density at radius 2 is 2.05 bits per heavy atom. The smallest absolute Gasteiger partial charge is 0.357 e. The van der Waals surface area contributed by atoms with Crippen molar-refractivity contribution in [2.45, 2.75) is 6.92 Å². The van der Waals surface area contributed by atoms with Gasteiger partial charge in [0.05, 0.1) is 0 Å². The largest absolute Gasteiger partial charge is 0.490 e. The molecular weight excluding hydrogens is 242 g/mol. The number of aromatic nitrogens is 1. The summed E-state index contributed by atoms with van der Waals surface area (Å²) in [5.41, 5.74) is 1.43. The second-order valence-electron chi connectivity index (χ2n) is 4.02. The molecule has 0 N–H and O–H groups in total. The zero-order chi connectivity index (χ0) is 13.5. The van der Waals surface area contributed by atoms with E-state index >= 15 is 0 Å². The number of hydrogen-bond acceptors (Lipinski definition) is 4. The third-order valence-electron chi connectivity index (χ3n) is 2.45. The highest BCUT2D eigenvalue weighted by Gasteiger charge is 2.07. The van der Waals surface area contributed by atoms with Crippen LogP contribution in [0.5, 0.6) is 5.75 Å². The number of esters is 1. The van der Waals surface area contributed by atoms with E-state index < -0.39 is 5.97 Å². The fourth-order valence-electron chi connectivity index (χ4n) is 1.56. The van der Waals surface area contributed by atoms with Crippen LogP contribution in [0, 0.1) is 6.92 Å². The topological polar surface area (TPSA) is 48.4 Å². The number of carbonyl (C=O) groups is 1. The Labute approximate surface area is 112 Å². The summed E-state index contributed by atoms with van der Waals surface area (Å²) in [5, 5.41) is 0. The van der Waals surface area contributed by atoms with Crippen LogP contribution in [0.15, 0.2) is 48.7 Å². The predicted molar refractivity (Wildman–Crippen MR) is 71.2 cm³/mol. The molecule has 1 heterocycles. The van der Waals surface area contributed by atoms with E-state index in [4.69, 9.17) is 9.47 Å². The Hall–Kier alpha value is -2.36. The fraction of sp³-hybridized carbons (Fsp3) is 0.200. The third kappa shape index (κ3) is 4.10. The molecule has 0 aliphatic heterocycles. The lowest BCUT2D eigenvalue weighted by Gasteiger charge is -2.07. The first-order chi connectivity index (χ1) is 9.25. The van der Waals surface area contributed by atoms with Crippen molar-refractivity contribution in [3.05, 3.63) is 59.9 Å². The number of ether oxygens (including phenoxy) is 2. The Bertz CT molecular complexity index is 540. The highest BCUT2D eigenvalue weighted by atomic mass is 16.6. The van der Waals surface area contributed by atoms with E-state index in [9.17, 15) is 4.79 Å². The van der Waals surface area contributed by atoms with Crippen LogP contribution in [-0.4, -0.2) is 24.2 Å². The van der Waals surface area contributed by atoms with Crippen LogP contribution >= 0.6 is 0 Å². The Morgan fingerprint density at radius 1 is 1.16 bits per heavy atom. The van der Waals surface area contributed by atoms with E-state index in [-0.39, 0.29) is 6.61 Å². The van der Waals surface area contributed by atoms with Crippen molar-refractivity contribution in [3.8, 4) is 5.75 Å². The summed E-state index contributed by atoms with van der Waals surface area (Å²) in [6.07, 6.45) is 1.56. The van der Waals surface area contributed by atoms with Gasteiger partial charge in [0, 0.05) is 6.20 Å². The van der Waals surface area contributed by atoms with Gasteiger partial charge in [-0.3, -0.25) is 0 Å². The van der Waals surface area contributed by atoms with Gasteiger partial charge in [0.25, 0.3) is 0 Å². The second kappa shape index (κ2) is 6.54. The maximum absolute atomic E-state index is 11.6. The zero-order valence-corrected chi connectivity index (χ0v) is 10.7. The predicted octanol–water partition coefficient (Wildman–Crippen LogP) is 2.63. The number of hydrogen-bond donors (Lipinski definition) is 0. The molecule has 0 fully saturated rings. The lowest BCUT2D eigenvalue weighted by molar-refractivity contribution is 0.0443. The average Bonchev–Trinajstić information content (AvgIpc) is 2.44. The van der Waals surface area contributed by atoms with Gasteiger partial charge in [0.15, 0.2) is 0 Å². The van der Waals surface area contributed by atoms with Crippen LogP contribution in [0.25, 0.3) is 0 Å². The normalized spacial score (nSPS) is 9.95. The van der Waals surface area contributed by atoms with Gasteiger partial charge in [0.1, 0.15) is 24.7 Å². The maximum Gasteiger partial charge on any atom is 0.357 e. The highest BCUT2D eigenvalue weighted by Crippen LogP contribution is 2.11. The summed E-state index contributed by atoms with van der Waals surface area (Å²) in [4.78, 5) is 15.5. The molecule has 98 valence electrons. The SMILES string of the molecule is Cc1cccc(OCCOC(=O)c2ccccn2)c1. The van der Waals surface area contributed by atoms with Gasteiger partial charge in [-0.05, 0) is 36.8 Å². The van der Waals surface area contributed by atoms with Crippen molar-refractivity contribution in [1.82, 2.24) is 4.98 Å². The van der Waals surface area contributed by atoms with Gasteiger partial charge in [-0.25, -0.2) is 9.78 Å². The Balaban J connectivity index is 1.74. The van der Waals surface area contributed by atoms with Crippen LogP contribution in [-0.2, 0) is 4.74 Å². The molecule has 4 heteroatoms. The van der Waals surface area contributed by atoms with Crippen LogP contribution in [0.1, 0.15) is 16.1 Å². The highest BCUT2D eigenvalue weighted by molar-refractivity contribution is 5.87. The van der Waals surface area contributed by atoms with Gasteiger partial charge in [-0.15, -0.1) is 0 Å². The number of aryl methyl sites for hydroxylation is 1. The average molecular weight is 257 g/mol. The van der Waals surface area contributed by atoms with Crippen LogP contribution in [0.2, 0.25) is 0 Å². The summed E-state index contributed by atoms with van der Waals surface area (Å²) >= 11 is 0. The number of pyridine rings is 1. The summed E-state index contributed by atoms with van der Waals surface area (Å²) in [7, 11) is 0. The first-order valence-electron chi connectivity index (χ1n) is 6.03. The first-order valence-corrected chi connectivity index (χ1v) is 6.03. The molecule has 0 radical (unpaired) electrons. The van der Waals surface area contributed by atoms with Gasteiger partial charge in [-0.2, -0.15) is 0 Å². The minimum absolute atomic E-state index is 0.198. The van der Waals surface area contributed by atoms with E-state index in [0.29, 0.717) is 12.3 Å². The molecule has 0 saturated carbocycles. The second-order valence-corrected chi connectivity index (χ2v) is 4.02. The number of nitrogens with zero attached hydrogens (tertiary/aromatic N) is 1. The Kier molecular flexibility index (Phi) is 4.50. The molecule has 0 atom stereocenters. The van der Waals surface area contributed by atoms with Crippen molar-refractivity contribution < 1.29 is 14.3 Å². The molecule has 0 bridgehead atoms. The van der Waals surface area contributed by atoms with Crippen molar-refractivity contribution in [3.63, 3.8) is 0 Å². The van der Waals surface area contributed by atoms with Crippen molar-refractivity contribution >= 4 is 5.97 Å². The minimum atomic E-state index is -0.437. The van der Waals surface area contributed by atoms with Crippen molar-refractivity contribution in [2.75, 3.05) is 13.2 Å². The van der Waals surface area contributed by atoms with Crippen LogP contribution in [0.3, 0.4) is 0 Å². The van der Waals surface area contributed by atoms with Gasteiger partial charge in [-0.1, -0.05) is 18.2 Å². The molecule has 2 aromatic rings. The van der Waals surface area contributed by atoms with Gasteiger partial charge < -0.3 is 9.47 Å². The summed E-state index contributed by atoms with van der Waals surface area (Å²) in [5.74, 6) is 0.335. The summed E-state index contributed by atoms with van der Waals surface area (Å²) in [6.45, 7) is 2.51. The fourth-order valence-corrected chi connectivity index (χ4v) is 1.56. The third-order valence-corrected chi connectivity index (χ3v) is 2.45. The van der Waals surface area contributed by atoms with Gasteiger partial charge in [0.2, 0.25) is 0 Å². The molecule has 0 aliphatic rings. The molecule has 0 amide bonds. The van der Waals surface area contributed by atoms with Crippen molar-refractivity contribution in [1.29, 1.82) is 0 Å². The Morgan fingerprint density at radius 3 is 2.79 bits per heavy atom. The molecule has 1 aromatic carbocycles. The molecule has 0 saturated heterocycles. The lowest BCUT2D eigenvalue weighted by atomic mass is 10.2. The molecule has 19 heavy (non-hydrogen) atoms. The van der Waals surface area contributed by atoms with E-state index in [1.165, 1.54) is 0 Å². The quantitative estimate of drug-likeness (QED) is 0.610. The maximum atomic E-state index is 11.6. The minimum Gasteiger partial charge on any atom is -0.490 e. The molecular formula is C15H15NO3. The van der Waals surface area contributed by atoms with Crippen LogP contribution in [0.4, 0.5) is 0 Å². The van der Waals surface area contributed by atoms with E-state index in [1.54, 1.807) is 24.4 Å². The monoisotopic (exact) mass is 257 g/mol. The lowest BCUT2D eigenvalue weighted by Crippen LogP contribution is -2.13. The summed E-state index contributed by atoms with van der Waals surface area (Å²) < 4.78 is 10.5. The van der Waals surface area contributed by atoms with Gasteiger partial charge >= 0.3 is 5.97 Å². The molecule has 1 aromatic heterocycles. The molecule has 4 nitrogen and oxygen atoms in total. The number of carbonyl (C=O) groups excluding carboxylic acids is 1. The molecule has 2 rings (SSSR count). The molecule has 0 aliphatic carbocycles. The molecule has 0 unspecified atom stereocenters.